The van der Waals surface area contributed by atoms with Gasteiger partial charge >= 0.3 is 11.9 Å². The fraction of sp³-hybridized carbons (Fsp3) is 0.650. The molecule has 7 unspecified atom stereocenters. The molecule has 7 atom stereocenters. The van der Waals surface area contributed by atoms with Gasteiger partial charge in [-0.3, -0.25) is 9.59 Å². The molecule has 1 saturated heterocycles. The summed E-state index contributed by atoms with van der Waals surface area (Å²) in [7, 11) is 0. The summed E-state index contributed by atoms with van der Waals surface area (Å²) in [6, 6.07) is 0. The Morgan fingerprint density at radius 2 is 1.93 bits per heavy atom. The van der Waals surface area contributed by atoms with Crippen molar-refractivity contribution in [2.24, 2.45) is 17.8 Å². The highest BCUT2D eigenvalue weighted by Crippen LogP contribution is 2.45. The second-order valence-electron chi connectivity index (χ2n) is 7.43. The van der Waals surface area contributed by atoms with Crippen LogP contribution in [-0.2, 0) is 23.9 Å². The van der Waals surface area contributed by atoms with Gasteiger partial charge in [-0.1, -0.05) is 26.0 Å². The second kappa shape index (κ2) is 7.94. The lowest BCUT2D eigenvalue weighted by Crippen LogP contribution is -2.61. The molecule has 1 aliphatic heterocycles. The molecule has 0 aromatic heterocycles. The van der Waals surface area contributed by atoms with Gasteiger partial charge in [-0.2, -0.15) is 0 Å². The molecule has 0 bridgehead atoms. The maximum atomic E-state index is 12.8. The van der Waals surface area contributed by atoms with Gasteiger partial charge in [0.15, 0.2) is 17.5 Å². The first-order chi connectivity index (χ1) is 12.6. The first-order valence-electron chi connectivity index (χ1n) is 9.21. The summed E-state index contributed by atoms with van der Waals surface area (Å²) in [6.07, 6.45) is 0.828. The lowest BCUT2D eigenvalue weighted by Gasteiger charge is -2.39. The molecule has 1 saturated carbocycles. The van der Waals surface area contributed by atoms with E-state index in [1.807, 2.05) is 0 Å². The molecule has 0 aromatic rings. The van der Waals surface area contributed by atoms with Crippen LogP contribution >= 0.6 is 0 Å². The molecule has 2 rings (SSSR count). The monoisotopic (exact) mass is 380 g/mol. The Morgan fingerprint density at radius 1 is 1.30 bits per heavy atom. The number of ether oxygens (including phenoxy) is 2. The summed E-state index contributed by atoms with van der Waals surface area (Å²) in [5.74, 6) is -3.88. The van der Waals surface area contributed by atoms with Crippen LogP contribution in [0.1, 0.15) is 41.0 Å². The van der Waals surface area contributed by atoms with Crippen LogP contribution in [0, 0.1) is 17.8 Å². The van der Waals surface area contributed by atoms with E-state index in [1.54, 1.807) is 33.8 Å². The zero-order valence-electron chi connectivity index (χ0n) is 16.3. The first-order valence-corrected chi connectivity index (χ1v) is 9.21. The second-order valence-corrected chi connectivity index (χ2v) is 7.43. The van der Waals surface area contributed by atoms with Crippen molar-refractivity contribution >= 4 is 17.7 Å². The van der Waals surface area contributed by atoms with E-state index in [-0.39, 0.29) is 6.42 Å². The van der Waals surface area contributed by atoms with E-state index < -0.39 is 59.4 Å². The van der Waals surface area contributed by atoms with Gasteiger partial charge in [-0.25, -0.2) is 4.79 Å². The third kappa shape index (κ3) is 3.58. The molecule has 2 aliphatic rings. The van der Waals surface area contributed by atoms with Gasteiger partial charge in [0.25, 0.3) is 0 Å². The summed E-state index contributed by atoms with van der Waals surface area (Å²) in [6.45, 7) is 8.02. The lowest BCUT2D eigenvalue weighted by atomic mass is 9.77. The average Bonchev–Trinajstić information content (AvgIpc) is 2.87. The molecule has 1 heterocycles. The van der Waals surface area contributed by atoms with Crippen LogP contribution in [0.5, 0.6) is 0 Å². The average molecular weight is 380 g/mol. The highest BCUT2D eigenvalue weighted by molar-refractivity contribution is 5.98. The Balaban J connectivity index is 2.59. The fourth-order valence-electron chi connectivity index (χ4n) is 3.83. The Labute approximate surface area is 159 Å². The van der Waals surface area contributed by atoms with Crippen molar-refractivity contribution in [1.29, 1.82) is 0 Å². The molecule has 7 heteroatoms. The van der Waals surface area contributed by atoms with Crippen molar-refractivity contribution in [2.45, 2.75) is 65.0 Å². The molecule has 0 aromatic carbocycles. The summed E-state index contributed by atoms with van der Waals surface area (Å²) < 4.78 is 11.0. The number of aliphatic hydroxyl groups is 2. The number of allylic oxidation sites excluding steroid dienone is 2. The largest absolute Gasteiger partial charge is 0.458 e. The van der Waals surface area contributed by atoms with Crippen LogP contribution in [0.2, 0.25) is 0 Å². The predicted molar refractivity (Wildman–Crippen MR) is 96.4 cm³/mol. The lowest BCUT2D eigenvalue weighted by molar-refractivity contribution is -0.195. The molecule has 2 fully saturated rings. The number of hydrogen-bond donors (Lipinski definition) is 2. The van der Waals surface area contributed by atoms with E-state index in [2.05, 4.69) is 0 Å². The Hall–Kier alpha value is -1.99. The number of carbonyl (C=O) groups is 3. The van der Waals surface area contributed by atoms with E-state index in [4.69, 9.17) is 9.47 Å². The fourth-order valence-corrected chi connectivity index (χ4v) is 3.83. The minimum Gasteiger partial charge on any atom is -0.458 e. The van der Waals surface area contributed by atoms with Crippen molar-refractivity contribution in [1.82, 2.24) is 0 Å². The summed E-state index contributed by atoms with van der Waals surface area (Å²) in [4.78, 5) is 37.4. The van der Waals surface area contributed by atoms with Crippen LogP contribution in [0.15, 0.2) is 23.8 Å². The van der Waals surface area contributed by atoms with Crippen molar-refractivity contribution in [3.63, 3.8) is 0 Å². The van der Waals surface area contributed by atoms with Crippen molar-refractivity contribution in [3.05, 3.63) is 23.8 Å². The zero-order chi connectivity index (χ0) is 20.5. The van der Waals surface area contributed by atoms with Crippen molar-refractivity contribution in [3.8, 4) is 0 Å². The minimum absolute atomic E-state index is 0.154. The van der Waals surface area contributed by atoms with Crippen molar-refractivity contribution in [2.75, 3.05) is 0 Å². The topological polar surface area (TPSA) is 110 Å². The van der Waals surface area contributed by atoms with Crippen LogP contribution in [0.4, 0.5) is 0 Å². The predicted octanol–water partition coefficient (Wildman–Crippen LogP) is 1.32. The van der Waals surface area contributed by atoms with Crippen LogP contribution in [0.25, 0.3) is 0 Å². The molecule has 2 N–H and O–H groups in total. The maximum absolute atomic E-state index is 12.8. The molecular weight excluding hydrogens is 352 g/mol. The molecule has 7 nitrogen and oxygen atoms in total. The van der Waals surface area contributed by atoms with E-state index in [9.17, 15) is 24.6 Å². The van der Waals surface area contributed by atoms with E-state index in [0.717, 1.165) is 0 Å². The van der Waals surface area contributed by atoms with E-state index in [1.165, 1.54) is 19.1 Å². The molecule has 0 radical (unpaired) electrons. The minimum atomic E-state index is -2.22. The van der Waals surface area contributed by atoms with Crippen molar-refractivity contribution < 1.29 is 34.1 Å². The molecule has 0 spiro atoms. The van der Waals surface area contributed by atoms with Gasteiger partial charge in [0.05, 0.1) is 12.0 Å². The van der Waals surface area contributed by atoms with Gasteiger partial charge in [0, 0.05) is 17.4 Å². The summed E-state index contributed by atoms with van der Waals surface area (Å²) in [5, 5.41) is 22.0. The van der Waals surface area contributed by atoms with Crippen LogP contribution in [0.3, 0.4) is 0 Å². The molecule has 150 valence electrons. The normalized spacial score (nSPS) is 39.7. The Kier molecular flexibility index (Phi) is 6.27. The number of fused-ring (bicyclic) bond motifs is 1. The van der Waals surface area contributed by atoms with E-state index >= 15 is 0 Å². The quantitative estimate of drug-likeness (QED) is 0.559. The number of carbonyl (C=O) groups excluding carboxylic acids is 3. The molecular formula is C20H28O7. The van der Waals surface area contributed by atoms with Crippen LogP contribution < -0.4 is 0 Å². The maximum Gasteiger partial charge on any atom is 0.333 e. The molecule has 27 heavy (non-hydrogen) atoms. The molecule has 1 aliphatic carbocycles. The highest BCUT2D eigenvalue weighted by Gasteiger charge is 2.63. The smallest absolute Gasteiger partial charge is 0.333 e. The zero-order valence-corrected chi connectivity index (χ0v) is 16.3. The van der Waals surface area contributed by atoms with Gasteiger partial charge in [-0.05, 0) is 33.3 Å². The molecule has 0 amide bonds. The Bertz CT molecular complexity index is 680. The standard InChI is InChI=1S/C20H28O7/c1-6-8-15(22)20(25)12(5)14(21)9-13-11(4)19(24)26-16(13)17(20)27-18(23)10(3)7-2/h6-8,11-14,16-17,21,25H,9H2,1-5H3. The number of rotatable bonds is 4. The van der Waals surface area contributed by atoms with Gasteiger partial charge in [0.1, 0.15) is 6.10 Å². The first kappa shape index (κ1) is 21.3. The SMILES string of the molecule is CC=CC(=O)C1(O)C(C)C(O)CC2C(C)C(=O)OC2C1OC(=O)C(C)=CC. The van der Waals surface area contributed by atoms with E-state index in [0.29, 0.717) is 5.57 Å². The number of aliphatic hydroxyl groups excluding tert-OH is 1. The summed E-state index contributed by atoms with van der Waals surface area (Å²) in [5.41, 5.74) is -1.93. The third-order valence-electron chi connectivity index (χ3n) is 5.91. The van der Waals surface area contributed by atoms with Gasteiger partial charge in [-0.15, -0.1) is 0 Å². The third-order valence-corrected chi connectivity index (χ3v) is 5.91. The van der Waals surface area contributed by atoms with Gasteiger partial charge < -0.3 is 19.7 Å². The number of ketones is 1. The number of hydrogen-bond acceptors (Lipinski definition) is 7. The summed E-state index contributed by atoms with van der Waals surface area (Å²) >= 11 is 0. The highest BCUT2D eigenvalue weighted by atomic mass is 16.6. The van der Waals surface area contributed by atoms with Gasteiger partial charge in [0.2, 0.25) is 0 Å². The Morgan fingerprint density at radius 3 is 2.48 bits per heavy atom. The van der Waals surface area contributed by atoms with Crippen LogP contribution in [-0.4, -0.2) is 51.8 Å². The number of esters is 2.